The molecule has 4 aromatic rings. The maximum Gasteiger partial charge on any atom is 0.227 e. The number of fused-ring (bicyclic) bond motifs is 1. The second-order valence-corrected chi connectivity index (χ2v) is 7.10. The van der Waals surface area contributed by atoms with Gasteiger partial charge in [-0.1, -0.05) is 36.3 Å². The van der Waals surface area contributed by atoms with Crippen LogP contribution in [0, 0.1) is 12.7 Å². The predicted octanol–water partition coefficient (Wildman–Crippen LogP) is 4.52. The Labute approximate surface area is 172 Å². The number of anilines is 1. The number of aromatic nitrogens is 4. The van der Waals surface area contributed by atoms with Gasteiger partial charge in [0.2, 0.25) is 23.6 Å². The molecule has 30 heavy (non-hydrogen) atoms. The van der Waals surface area contributed by atoms with Gasteiger partial charge in [-0.3, -0.25) is 10.1 Å². The van der Waals surface area contributed by atoms with Crippen molar-refractivity contribution >= 4 is 22.9 Å². The molecule has 1 N–H and O–H groups in total. The van der Waals surface area contributed by atoms with E-state index < -0.39 is 0 Å². The van der Waals surface area contributed by atoms with Gasteiger partial charge in [0.15, 0.2) is 0 Å². The molecule has 0 fully saturated rings. The first-order valence-corrected chi connectivity index (χ1v) is 9.89. The number of carbonyl (C=O) groups excluding carboxylic acids is 1. The van der Waals surface area contributed by atoms with Crippen LogP contribution in [0.25, 0.3) is 22.4 Å². The molecule has 0 aliphatic carbocycles. The Balaban J connectivity index is 1.42. The smallest absolute Gasteiger partial charge is 0.227 e. The number of hydrogen-bond acceptors (Lipinski definition) is 5. The van der Waals surface area contributed by atoms with Crippen LogP contribution < -0.4 is 5.32 Å². The standard InChI is InChI=1S/C22H22FN5O2/c1-3-12-28-18-7-5-4-6-17(18)24-22(28)25-19(29)10-11-20-26-21(27-30-20)15-9-8-14(2)16(23)13-15/h4-9,13H,3,10-12H2,1-2H3,(H,24,25,29). The Bertz CT molecular complexity index is 1200. The zero-order valence-corrected chi connectivity index (χ0v) is 16.9. The van der Waals surface area contributed by atoms with Crippen molar-refractivity contribution in [2.45, 2.75) is 39.7 Å². The molecule has 2 aromatic carbocycles. The molecule has 0 saturated carbocycles. The van der Waals surface area contributed by atoms with Crippen molar-refractivity contribution < 1.29 is 13.7 Å². The molecule has 0 radical (unpaired) electrons. The number of halogens is 1. The molecular formula is C22H22FN5O2. The highest BCUT2D eigenvalue weighted by Crippen LogP contribution is 2.21. The summed E-state index contributed by atoms with van der Waals surface area (Å²) < 4.78 is 21.0. The van der Waals surface area contributed by atoms with E-state index in [4.69, 9.17) is 4.52 Å². The lowest BCUT2D eigenvalue weighted by Gasteiger charge is -2.08. The second-order valence-electron chi connectivity index (χ2n) is 7.10. The highest BCUT2D eigenvalue weighted by molar-refractivity contribution is 5.91. The normalized spacial score (nSPS) is 11.2. The molecule has 0 bridgehead atoms. The number of amides is 1. The third kappa shape index (κ3) is 4.07. The number of nitrogens with zero attached hydrogens (tertiary/aromatic N) is 4. The average Bonchev–Trinajstić information content (AvgIpc) is 3.34. The number of aryl methyl sites for hydroxylation is 3. The lowest BCUT2D eigenvalue weighted by atomic mass is 10.1. The summed E-state index contributed by atoms with van der Waals surface area (Å²) in [6, 6.07) is 12.6. The van der Waals surface area contributed by atoms with Crippen LogP contribution in [0.5, 0.6) is 0 Å². The Morgan fingerprint density at radius 2 is 2.03 bits per heavy atom. The molecule has 0 unspecified atom stereocenters. The first-order valence-electron chi connectivity index (χ1n) is 9.89. The van der Waals surface area contributed by atoms with E-state index in [2.05, 4.69) is 27.4 Å². The molecule has 1 amide bonds. The molecule has 2 heterocycles. The van der Waals surface area contributed by atoms with Gasteiger partial charge < -0.3 is 9.09 Å². The summed E-state index contributed by atoms with van der Waals surface area (Å²) in [5, 5.41) is 6.77. The zero-order chi connectivity index (χ0) is 21.1. The molecule has 0 spiro atoms. The van der Waals surface area contributed by atoms with Crippen molar-refractivity contribution in [1.29, 1.82) is 0 Å². The van der Waals surface area contributed by atoms with Crippen LogP contribution in [-0.2, 0) is 17.8 Å². The monoisotopic (exact) mass is 407 g/mol. The number of nitrogens with one attached hydrogen (secondary N) is 1. The van der Waals surface area contributed by atoms with Gasteiger partial charge in [0.25, 0.3) is 0 Å². The Morgan fingerprint density at radius 3 is 2.83 bits per heavy atom. The number of para-hydroxylation sites is 2. The minimum absolute atomic E-state index is 0.166. The number of benzene rings is 2. The van der Waals surface area contributed by atoms with Crippen LogP contribution >= 0.6 is 0 Å². The average molecular weight is 407 g/mol. The fourth-order valence-electron chi connectivity index (χ4n) is 3.23. The van der Waals surface area contributed by atoms with Crippen molar-refractivity contribution in [2.75, 3.05) is 5.32 Å². The number of rotatable bonds is 7. The van der Waals surface area contributed by atoms with E-state index in [-0.39, 0.29) is 24.6 Å². The SMILES string of the molecule is CCCn1c(NC(=O)CCc2nc(-c3ccc(C)c(F)c3)no2)nc2ccccc21. The van der Waals surface area contributed by atoms with Gasteiger partial charge in [0.05, 0.1) is 11.0 Å². The first-order chi connectivity index (χ1) is 14.5. The summed E-state index contributed by atoms with van der Waals surface area (Å²) in [5.41, 5.74) is 2.91. The van der Waals surface area contributed by atoms with Crippen LogP contribution in [0.1, 0.15) is 31.2 Å². The summed E-state index contributed by atoms with van der Waals surface area (Å²) in [6.07, 6.45) is 1.37. The van der Waals surface area contributed by atoms with Gasteiger partial charge >= 0.3 is 0 Å². The fraction of sp³-hybridized carbons (Fsp3) is 0.273. The lowest BCUT2D eigenvalue weighted by molar-refractivity contribution is -0.116. The summed E-state index contributed by atoms with van der Waals surface area (Å²) in [5.74, 6) is 0.638. The van der Waals surface area contributed by atoms with E-state index in [0.29, 0.717) is 28.8 Å². The van der Waals surface area contributed by atoms with Crippen molar-refractivity contribution in [2.24, 2.45) is 0 Å². The number of hydrogen-bond donors (Lipinski definition) is 1. The van der Waals surface area contributed by atoms with E-state index >= 15 is 0 Å². The van der Waals surface area contributed by atoms with Gasteiger partial charge in [-0.05, 0) is 37.1 Å². The van der Waals surface area contributed by atoms with Crippen LogP contribution in [0.15, 0.2) is 47.0 Å². The Morgan fingerprint density at radius 1 is 1.20 bits per heavy atom. The van der Waals surface area contributed by atoms with Crippen molar-refractivity contribution in [1.82, 2.24) is 19.7 Å². The van der Waals surface area contributed by atoms with E-state index in [1.165, 1.54) is 6.07 Å². The molecule has 2 aromatic heterocycles. The maximum absolute atomic E-state index is 13.7. The van der Waals surface area contributed by atoms with Crippen molar-refractivity contribution in [3.63, 3.8) is 0 Å². The van der Waals surface area contributed by atoms with Gasteiger partial charge in [0.1, 0.15) is 5.82 Å². The minimum atomic E-state index is -0.326. The molecule has 154 valence electrons. The second kappa shape index (κ2) is 8.44. The molecule has 0 atom stereocenters. The summed E-state index contributed by atoms with van der Waals surface area (Å²) in [6.45, 7) is 4.53. The molecule has 8 heteroatoms. The molecule has 7 nitrogen and oxygen atoms in total. The van der Waals surface area contributed by atoms with Gasteiger partial charge in [-0.15, -0.1) is 0 Å². The third-order valence-electron chi connectivity index (χ3n) is 4.82. The fourth-order valence-corrected chi connectivity index (χ4v) is 3.23. The van der Waals surface area contributed by atoms with E-state index in [9.17, 15) is 9.18 Å². The largest absolute Gasteiger partial charge is 0.339 e. The summed E-state index contributed by atoms with van der Waals surface area (Å²) >= 11 is 0. The van der Waals surface area contributed by atoms with Crippen LogP contribution in [-0.4, -0.2) is 25.6 Å². The van der Waals surface area contributed by atoms with Crippen molar-refractivity contribution in [3.05, 3.63) is 59.7 Å². The van der Waals surface area contributed by atoms with E-state index in [1.807, 2.05) is 28.8 Å². The quantitative estimate of drug-likeness (QED) is 0.487. The van der Waals surface area contributed by atoms with Crippen LogP contribution in [0.2, 0.25) is 0 Å². The maximum atomic E-state index is 13.7. The third-order valence-corrected chi connectivity index (χ3v) is 4.82. The lowest BCUT2D eigenvalue weighted by Crippen LogP contribution is -2.16. The number of imidazole rings is 1. The molecule has 0 aliphatic rings. The van der Waals surface area contributed by atoms with Crippen molar-refractivity contribution in [3.8, 4) is 11.4 Å². The minimum Gasteiger partial charge on any atom is -0.339 e. The predicted molar refractivity (Wildman–Crippen MR) is 111 cm³/mol. The first kappa shape index (κ1) is 19.8. The zero-order valence-electron chi connectivity index (χ0n) is 16.9. The molecule has 0 saturated heterocycles. The van der Waals surface area contributed by atoms with Gasteiger partial charge in [0, 0.05) is 24.9 Å². The summed E-state index contributed by atoms with van der Waals surface area (Å²) in [7, 11) is 0. The molecule has 0 aliphatic heterocycles. The highest BCUT2D eigenvalue weighted by Gasteiger charge is 2.15. The topological polar surface area (TPSA) is 85.8 Å². The van der Waals surface area contributed by atoms with Gasteiger partial charge in [-0.25, -0.2) is 9.37 Å². The van der Waals surface area contributed by atoms with Crippen LogP contribution in [0.4, 0.5) is 10.3 Å². The molecular weight excluding hydrogens is 385 g/mol. The van der Waals surface area contributed by atoms with Gasteiger partial charge in [-0.2, -0.15) is 4.98 Å². The number of carbonyl (C=O) groups is 1. The van der Waals surface area contributed by atoms with E-state index in [1.54, 1.807) is 19.1 Å². The Hall–Kier alpha value is -3.55. The van der Waals surface area contributed by atoms with Crippen LogP contribution in [0.3, 0.4) is 0 Å². The summed E-state index contributed by atoms with van der Waals surface area (Å²) in [4.78, 5) is 21.3. The highest BCUT2D eigenvalue weighted by atomic mass is 19.1. The Kier molecular flexibility index (Phi) is 5.56. The van der Waals surface area contributed by atoms with E-state index in [0.717, 1.165) is 24.0 Å². The molecule has 4 rings (SSSR count).